The molecule has 0 bridgehead atoms. The zero-order valence-electron chi connectivity index (χ0n) is 13.9. The minimum atomic E-state index is -0.261. The number of rotatable bonds is 6. The summed E-state index contributed by atoms with van der Waals surface area (Å²) >= 11 is 13.7. The molecule has 0 aromatic heterocycles. The van der Waals surface area contributed by atoms with Gasteiger partial charge >= 0.3 is 0 Å². The summed E-state index contributed by atoms with van der Waals surface area (Å²) in [7, 11) is 1.58. The number of likely N-dealkylation sites (N-methyl/N-ethyl adjacent to an activating group) is 1. The first-order chi connectivity index (χ1) is 11.9. The van der Waals surface area contributed by atoms with Crippen LogP contribution in [0.15, 0.2) is 47.4 Å². The lowest BCUT2D eigenvalue weighted by molar-refractivity contribution is -0.132. The van der Waals surface area contributed by atoms with Crippen LogP contribution >= 0.6 is 35.0 Å². The van der Waals surface area contributed by atoms with Crippen LogP contribution in [0.4, 0.5) is 5.69 Å². The largest absolute Gasteiger partial charge is 0.336 e. The summed E-state index contributed by atoms with van der Waals surface area (Å²) in [5, 5.41) is 3.70. The molecule has 0 atom stereocenters. The van der Waals surface area contributed by atoms with Crippen molar-refractivity contribution in [3.05, 3.63) is 58.1 Å². The lowest BCUT2D eigenvalue weighted by Crippen LogP contribution is -2.36. The van der Waals surface area contributed by atoms with Crippen molar-refractivity contribution in [2.75, 3.05) is 25.2 Å². The molecular formula is C18H18Cl2N2O2S. The number of benzene rings is 2. The molecule has 2 rings (SSSR count). The van der Waals surface area contributed by atoms with Crippen LogP contribution in [-0.4, -0.2) is 36.6 Å². The van der Waals surface area contributed by atoms with Crippen molar-refractivity contribution in [2.24, 2.45) is 0 Å². The van der Waals surface area contributed by atoms with Gasteiger partial charge in [0.2, 0.25) is 11.8 Å². The first kappa shape index (κ1) is 19.6. The van der Waals surface area contributed by atoms with E-state index < -0.39 is 0 Å². The smallest absolute Gasteiger partial charge is 0.244 e. The Morgan fingerprint density at radius 3 is 2.36 bits per heavy atom. The minimum Gasteiger partial charge on any atom is -0.336 e. The van der Waals surface area contributed by atoms with Crippen LogP contribution in [0, 0.1) is 0 Å². The fourth-order valence-corrected chi connectivity index (χ4v) is 3.31. The van der Waals surface area contributed by atoms with Gasteiger partial charge in [0.25, 0.3) is 0 Å². The highest BCUT2D eigenvalue weighted by atomic mass is 35.5. The number of nitrogens with one attached hydrogen (secondary N) is 1. The summed E-state index contributed by atoms with van der Waals surface area (Å²) < 4.78 is 0. The standard InChI is InChI=1S/C18H18Cl2N2O2S/c1-22(18(24)10-12-13(19)6-5-7-14(12)20)11-17(23)21-15-8-3-4-9-16(15)25-2/h3-9H,10-11H2,1-2H3,(H,21,23). The van der Waals surface area contributed by atoms with Gasteiger partial charge in [-0.2, -0.15) is 0 Å². The maximum atomic E-state index is 12.4. The lowest BCUT2D eigenvalue weighted by Gasteiger charge is -2.18. The molecule has 0 saturated carbocycles. The highest BCUT2D eigenvalue weighted by molar-refractivity contribution is 7.98. The SMILES string of the molecule is CSc1ccccc1NC(=O)CN(C)C(=O)Cc1c(Cl)cccc1Cl. The van der Waals surface area contributed by atoms with Crippen LogP contribution in [0.5, 0.6) is 0 Å². The molecule has 0 heterocycles. The summed E-state index contributed by atoms with van der Waals surface area (Å²) in [6.07, 6.45) is 1.98. The van der Waals surface area contributed by atoms with Crippen molar-refractivity contribution < 1.29 is 9.59 Å². The molecule has 0 saturated heterocycles. The van der Waals surface area contributed by atoms with Crippen LogP contribution in [0.3, 0.4) is 0 Å². The Kier molecular flexibility index (Phi) is 7.17. The topological polar surface area (TPSA) is 49.4 Å². The summed E-state index contributed by atoms with van der Waals surface area (Å²) in [5.74, 6) is -0.495. The second-order valence-electron chi connectivity index (χ2n) is 5.38. The molecule has 2 aromatic rings. The molecule has 0 aliphatic rings. The van der Waals surface area contributed by atoms with E-state index in [2.05, 4.69) is 5.32 Å². The number of nitrogens with zero attached hydrogens (tertiary/aromatic N) is 1. The summed E-state index contributed by atoms with van der Waals surface area (Å²) in [4.78, 5) is 26.9. The molecule has 2 amide bonds. The molecule has 0 unspecified atom stereocenters. The van der Waals surface area contributed by atoms with Gasteiger partial charge in [-0.15, -0.1) is 11.8 Å². The third-order valence-corrected chi connectivity index (χ3v) is 5.08. The van der Waals surface area contributed by atoms with Crippen molar-refractivity contribution in [2.45, 2.75) is 11.3 Å². The summed E-state index contributed by atoms with van der Waals surface area (Å²) in [5.41, 5.74) is 1.30. The van der Waals surface area contributed by atoms with Crippen LogP contribution in [0.25, 0.3) is 0 Å². The van der Waals surface area contributed by atoms with E-state index >= 15 is 0 Å². The molecule has 4 nitrogen and oxygen atoms in total. The molecule has 7 heteroatoms. The van der Waals surface area contributed by atoms with E-state index in [1.165, 1.54) is 4.90 Å². The molecule has 25 heavy (non-hydrogen) atoms. The zero-order chi connectivity index (χ0) is 18.4. The number of hydrogen-bond acceptors (Lipinski definition) is 3. The molecule has 0 spiro atoms. The van der Waals surface area contributed by atoms with Gasteiger partial charge in [-0.25, -0.2) is 0 Å². The predicted octanol–water partition coefficient (Wildman–Crippen LogP) is 4.35. The highest BCUT2D eigenvalue weighted by Gasteiger charge is 2.17. The van der Waals surface area contributed by atoms with Gasteiger partial charge < -0.3 is 10.2 Å². The Morgan fingerprint density at radius 1 is 1.08 bits per heavy atom. The van der Waals surface area contributed by atoms with E-state index in [0.717, 1.165) is 10.6 Å². The normalized spacial score (nSPS) is 10.4. The second kappa shape index (κ2) is 9.13. The van der Waals surface area contributed by atoms with Crippen molar-refractivity contribution >= 4 is 52.5 Å². The van der Waals surface area contributed by atoms with E-state index in [1.807, 2.05) is 30.5 Å². The van der Waals surface area contributed by atoms with Crippen molar-refractivity contribution in [1.82, 2.24) is 4.90 Å². The second-order valence-corrected chi connectivity index (χ2v) is 7.04. The number of para-hydroxylation sites is 1. The lowest BCUT2D eigenvalue weighted by atomic mass is 10.1. The van der Waals surface area contributed by atoms with Gasteiger partial charge in [-0.05, 0) is 36.1 Å². The fourth-order valence-electron chi connectivity index (χ4n) is 2.23. The minimum absolute atomic E-state index is 0.0453. The van der Waals surface area contributed by atoms with E-state index in [9.17, 15) is 9.59 Å². The molecule has 132 valence electrons. The van der Waals surface area contributed by atoms with Gasteiger partial charge in [0, 0.05) is 22.0 Å². The van der Waals surface area contributed by atoms with Gasteiger partial charge in [0.1, 0.15) is 0 Å². The van der Waals surface area contributed by atoms with E-state index in [1.54, 1.807) is 37.0 Å². The van der Waals surface area contributed by atoms with E-state index in [0.29, 0.717) is 15.6 Å². The Balaban J connectivity index is 1.97. The van der Waals surface area contributed by atoms with Gasteiger partial charge in [0.15, 0.2) is 0 Å². The van der Waals surface area contributed by atoms with Gasteiger partial charge in [0.05, 0.1) is 18.7 Å². The summed E-state index contributed by atoms with van der Waals surface area (Å²) in [6.45, 7) is -0.0520. The average Bonchev–Trinajstić information content (AvgIpc) is 2.58. The third-order valence-electron chi connectivity index (χ3n) is 3.58. The average molecular weight is 397 g/mol. The molecule has 0 aliphatic carbocycles. The first-order valence-electron chi connectivity index (χ1n) is 7.52. The summed E-state index contributed by atoms with van der Waals surface area (Å²) in [6, 6.07) is 12.6. The number of halogens is 2. The number of thioether (sulfide) groups is 1. The molecule has 2 aromatic carbocycles. The predicted molar refractivity (Wildman–Crippen MR) is 105 cm³/mol. The van der Waals surface area contributed by atoms with E-state index in [-0.39, 0.29) is 24.8 Å². The number of carbonyl (C=O) groups excluding carboxylic acids is 2. The monoisotopic (exact) mass is 396 g/mol. The molecule has 0 aliphatic heterocycles. The van der Waals surface area contributed by atoms with Crippen LogP contribution < -0.4 is 5.32 Å². The zero-order valence-corrected chi connectivity index (χ0v) is 16.2. The van der Waals surface area contributed by atoms with Crippen molar-refractivity contribution in [3.8, 4) is 0 Å². The molecule has 1 N–H and O–H groups in total. The van der Waals surface area contributed by atoms with Gasteiger partial charge in [-0.3, -0.25) is 9.59 Å². The quantitative estimate of drug-likeness (QED) is 0.738. The number of anilines is 1. The first-order valence-corrected chi connectivity index (χ1v) is 9.50. The Morgan fingerprint density at radius 2 is 1.72 bits per heavy atom. The molecule has 0 radical (unpaired) electrons. The van der Waals surface area contributed by atoms with Crippen LogP contribution in [0.1, 0.15) is 5.56 Å². The third kappa shape index (κ3) is 5.39. The van der Waals surface area contributed by atoms with E-state index in [4.69, 9.17) is 23.2 Å². The maximum Gasteiger partial charge on any atom is 0.244 e. The number of hydrogen-bond donors (Lipinski definition) is 1. The maximum absolute atomic E-state index is 12.4. The Labute approximate surface area is 161 Å². The van der Waals surface area contributed by atoms with Crippen LogP contribution in [-0.2, 0) is 16.0 Å². The highest BCUT2D eigenvalue weighted by Crippen LogP contribution is 2.26. The fraction of sp³-hybridized carbons (Fsp3) is 0.222. The number of amides is 2. The van der Waals surface area contributed by atoms with Crippen molar-refractivity contribution in [3.63, 3.8) is 0 Å². The van der Waals surface area contributed by atoms with Crippen LogP contribution in [0.2, 0.25) is 10.0 Å². The number of carbonyl (C=O) groups is 2. The van der Waals surface area contributed by atoms with Gasteiger partial charge in [-0.1, -0.05) is 41.4 Å². The Hall–Kier alpha value is -1.69. The Bertz CT molecular complexity index is 763. The van der Waals surface area contributed by atoms with Crippen molar-refractivity contribution in [1.29, 1.82) is 0 Å². The molecule has 0 fully saturated rings. The molecular weight excluding hydrogens is 379 g/mol.